The predicted octanol–water partition coefficient (Wildman–Crippen LogP) is 5.50. The summed E-state index contributed by atoms with van der Waals surface area (Å²) in [5.41, 5.74) is 3.82. The highest BCUT2D eigenvalue weighted by Gasteiger charge is 2.07. The SMILES string of the molecule is COc1cc(CNc2ccc(NC(C)=O)cc2)ccc1OCc1ccc(Cl)cc1. The number of rotatable bonds is 8. The first-order valence-electron chi connectivity index (χ1n) is 9.19. The van der Waals surface area contributed by atoms with Crippen molar-refractivity contribution in [3.05, 3.63) is 82.9 Å². The van der Waals surface area contributed by atoms with Crippen LogP contribution in [0.15, 0.2) is 66.7 Å². The molecule has 29 heavy (non-hydrogen) atoms. The number of anilines is 2. The summed E-state index contributed by atoms with van der Waals surface area (Å²) in [5.74, 6) is 1.28. The molecule has 0 unspecified atom stereocenters. The molecule has 3 aromatic rings. The predicted molar refractivity (Wildman–Crippen MR) is 117 cm³/mol. The van der Waals surface area contributed by atoms with Crippen LogP contribution in [-0.4, -0.2) is 13.0 Å². The molecule has 0 aliphatic rings. The maximum Gasteiger partial charge on any atom is 0.221 e. The Morgan fingerprint density at radius 2 is 1.55 bits per heavy atom. The van der Waals surface area contributed by atoms with Crippen molar-refractivity contribution >= 4 is 28.9 Å². The molecule has 0 radical (unpaired) electrons. The second-order valence-electron chi connectivity index (χ2n) is 6.51. The Morgan fingerprint density at radius 1 is 0.897 bits per heavy atom. The summed E-state index contributed by atoms with van der Waals surface area (Å²) >= 11 is 5.91. The molecule has 2 N–H and O–H groups in total. The zero-order chi connectivity index (χ0) is 20.6. The van der Waals surface area contributed by atoms with Crippen molar-refractivity contribution in [3.8, 4) is 11.5 Å². The number of nitrogens with one attached hydrogen (secondary N) is 2. The lowest BCUT2D eigenvalue weighted by molar-refractivity contribution is -0.114. The smallest absolute Gasteiger partial charge is 0.221 e. The van der Waals surface area contributed by atoms with Gasteiger partial charge in [-0.15, -0.1) is 0 Å². The number of carbonyl (C=O) groups is 1. The molecule has 0 saturated heterocycles. The molecular weight excluding hydrogens is 388 g/mol. The van der Waals surface area contributed by atoms with E-state index in [-0.39, 0.29) is 5.91 Å². The van der Waals surface area contributed by atoms with E-state index in [1.807, 2.05) is 66.7 Å². The molecule has 1 amide bonds. The van der Waals surface area contributed by atoms with Crippen molar-refractivity contribution < 1.29 is 14.3 Å². The van der Waals surface area contributed by atoms with Crippen LogP contribution in [0.25, 0.3) is 0 Å². The molecule has 6 heteroatoms. The zero-order valence-corrected chi connectivity index (χ0v) is 17.1. The number of hydrogen-bond donors (Lipinski definition) is 2. The van der Waals surface area contributed by atoms with Crippen LogP contribution in [0.1, 0.15) is 18.1 Å². The lowest BCUT2D eigenvalue weighted by Crippen LogP contribution is -2.06. The van der Waals surface area contributed by atoms with Gasteiger partial charge in [-0.25, -0.2) is 0 Å². The van der Waals surface area contributed by atoms with E-state index in [0.717, 1.165) is 22.5 Å². The molecule has 0 aliphatic carbocycles. The van der Waals surface area contributed by atoms with E-state index in [1.165, 1.54) is 6.92 Å². The van der Waals surface area contributed by atoms with E-state index < -0.39 is 0 Å². The maximum absolute atomic E-state index is 11.1. The van der Waals surface area contributed by atoms with Gasteiger partial charge in [0.15, 0.2) is 11.5 Å². The molecule has 150 valence electrons. The molecular formula is C23H23ClN2O3. The molecule has 0 heterocycles. The number of amides is 1. The van der Waals surface area contributed by atoms with Gasteiger partial charge in [0.05, 0.1) is 7.11 Å². The van der Waals surface area contributed by atoms with Gasteiger partial charge in [0, 0.05) is 29.9 Å². The number of halogens is 1. The fourth-order valence-electron chi connectivity index (χ4n) is 2.76. The van der Waals surface area contributed by atoms with E-state index in [4.69, 9.17) is 21.1 Å². The van der Waals surface area contributed by atoms with Gasteiger partial charge < -0.3 is 20.1 Å². The number of methoxy groups -OCH3 is 1. The van der Waals surface area contributed by atoms with Gasteiger partial charge in [0.1, 0.15) is 6.61 Å². The second kappa shape index (κ2) is 9.85. The third-order valence-corrected chi connectivity index (χ3v) is 4.49. The standard InChI is InChI=1S/C23H23ClN2O3/c1-16(27)26-21-10-8-20(9-11-21)25-14-18-5-12-22(23(13-18)28-2)29-15-17-3-6-19(24)7-4-17/h3-13,25H,14-15H2,1-2H3,(H,26,27). The summed E-state index contributed by atoms with van der Waals surface area (Å²) in [5, 5.41) is 6.81. The molecule has 0 aliphatic heterocycles. The Kier molecular flexibility index (Phi) is 6.98. The minimum Gasteiger partial charge on any atom is -0.493 e. The molecule has 0 spiro atoms. The highest BCUT2D eigenvalue weighted by molar-refractivity contribution is 6.30. The summed E-state index contributed by atoms with van der Waals surface area (Å²) in [6.07, 6.45) is 0. The number of ether oxygens (including phenoxy) is 2. The Balaban J connectivity index is 1.59. The Bertz CT molecular complexity index is 957. The van der Waals surface area contributed by atoms with E-state index in [9.17, 15) is 4.79 Å². The minimum atomic E-state index is -0.0869. The first kappa shape index (κ1) is 20.6. The van der Waals surface area contributed by atoms with Crippen LogP contribution in [-0.2, 0) is 17.9 Å². The largest absolute Gasteiger partial charge is 0.493 e. The maximum atomic E-state index is 11.1. The average molecular weight is 411 g/mol. The molecule has 0 saturated carbocycles. The minimum absolute atomic E-state index is 0.0869. The van der Waals surface area contributed by atoms with Crippen LogP contribution in [0.3, 0.4) is 0 Å². The fourth-order valence-corrected chi connectivity index (χ4v) is 2.89. The van der Waals surface area contributed by atoms with Crippen molar-refractivity contribution in [1.29, 1.82) is 0 Å². The summed E-state index contributed by atoms with van der Waals surface area (Å²) in [4.78, 5) is 11.1. The van der Waals surface area contributed by atoms with Crippen LogP contribution in [0.4, 0.5) is 11.4 Å². The summed E-state index contributed by atoms with van der Waals surface area (Å²) in [6.45, 7) is 2.56. The van der Waals surface area contributed by atoms with Gasteiger partial charge in [-0.05, 0) is 59.7 Å². The summed E-state index contributed by atoms with van der Waals surface area (Å²) < 4.78 is 11.4. The number of hydrogen-bond acceptors (Lipinski definition) is 4. The van der Waals surface area contributed by atoms with Gasteiger partial charge in [0.25, 0.3) is 0 Å². The van der Waals surface area contributed by atoms with Crippen molar-refractivity contribution in [1.82, 2.24) is 0 Å². The van der Waals surface area contributed by atoms with Crippen LogP contribution in [0.5, 0.6) is 11.5 Å². The van der Waals surface area contributed by atoms with Gasteiger partial charge >= 0.3 is 0 Å². The molecule has 3 rings (SSSR count). The van der Waals surface area contributed by atoms with Crippen LogP contribution in [0, 0.1) is 0 Å². The van der Waals surface area contributed by atoms with E-state index >= 15 is 0 Å². The third kappa shape index (κ3) is 6.16. The van der Waals surface area contributed by atoms with E-state index in [2.05, 4.69) is 10.6 Å². The van der Waals surface area contributed by atoms with Gasteiger partial charge in [-0.1, -0.05) is 29.8 Å². The van der Waals surface area contributed by atoms with Gasteiger partial charge in [0.2, 0.25) is 5.91 Å². The normalized spacial score (nSPS) is 10.3. The van der Waals surface area contributed by atoms with Crippen molar-refractivity contribution in [2.75, 3.05) is 17.7 Å². The zero-order valence-electron chi connectivity index (χ0n) is 16.4. The Labute approximate surface area is 175 Å². The van der Waals surface area contributed by atoms with E-state index in [1.54, 1.807) is 7.11 Å². The van der Waals surface area contributed by atoms with Crippen LogP contribution < -0.4 is 20.1 Å². The first-order valence-corrected chi connectivity index (χ1v) is 9.57. The number of carbonyl (C=O) groups excluding carboxylic acids is 1. The second-order valence-corrected chi connectivity index (χ2v) is 6.95. The van der Waals surface area contributed by atoms with Crippen molar-refractivity contribution in [2.45, 2.75) is 20.1 Å². The third-order valence-electron chi connectivity index (χ3n) is 4.24. The lowest BCUT2D eigenvalue weighted by Gasteiger charge is -2.13. The molecule has 3 aromatic carbocycles. The molecule has 0 aromatic heterocycles. The monoisotopic (exact) mass is 410 g/mol. The summed E-state index contributed by atoms with van der Waals surface area (Å²) in [6, 6.07) is 21.0. The molecule has 0 bridgehead atoms. The van der Waals surface area contributed by atoms with Crippen molar-refractivity contribution in [2.24, 2.45) is 0 Å². The van der Waals surface area contributed by atoms with Crippen molar-refractivity contribution in [3.63, 3.8) is 0 Å². The topological polar surface area (TPSA) is 59.6 Å². The van der Waals surface area contributed by atoms with E-state index in [0.29, 0.717) is 29.7 Å². The quantitative estimate of drug-likeness (QED) is 0.515. The number of benzene rings is 3. The molecule has 0 atom stereocenters. The molecule has 0 fully saturated rings. The van der Waals surface area contributed by atoms with Crippen LogP contribution in [0.2, 0.25) is 5.02 Å². The highest BCUT2D eigenvalue weighted by Crippen LogP contribution is 2.29. The van der Waals surface area contributed by atoms with Gasteiger partial charge in [-0.2, -0.15) is 0 Å². The average Bonchev–Trinajstić information content (AvgIpc) is 2.72. The first-order chi connectivity index (χ1) is 14.0. The van der Waals surface area contributed by atoms with Crippen LogP contribution >= 0.6 is 11.6 Å². The van der Waals surface area contributed by atoms with Gasteiger partial charge in [-0.3, -0.25) is 4.79 Å². The highest BCUT2D eigenvalue weighted by atomic mass is 35.5. The fraction of sp³-hybridized carbons (Fsp3) is 0.174. The lowest BCUT2D eigenvalue weighted by atomic mass is 10.2. The Morgan fingerprint density at radius 3 is 2.21 bits per heavy atom. The Hall–Kier alpha value is -3.18. The molecule has 5 nitrogen and oxygen atoms in total. The summed E-state index contributed by atoms with van der Waals surface area (Å²) in [7, 11) is 1.63.